The summed E-state index contributed by atoms with van der Waals surface area (Å²) in [6.07, 6.45) is 1.96. The van der Waals surface area contributed by atoms with Crippen LogP contribution in [0.4, 0.5) is 0 Å². The van der Waals surface area contributed by atoms with Crippen molar-refractivity contribution in [3.8, 4) is 0 Å². The predicted octanol–water partition coefficient (Wildman–Crippen LogP) is 2.11. The normalized spacial score (nSPS) is 11.1. The van der Waals surface area contributed by atoms with Crippen LogP contribution < -0.4 is 0 Å². The molecule has 0 N–H and O–H groups in total. The summed E-state index contributed by atoms with van der Waals surface area (Å²) >= 11 is 0. The molecule has 1 heteroatoms. The van der Waals surface area contributed by atoms with E-state index in [1.165, 1.54) is 0 Å². The van der Waals surface area contributed by atoms with Gasteiger partial charge in [0.05, 0.1) is 7.11 Å². The summed E-state index contributed by atoms with van der Waals surface area (Å²) in [7, 11) is 1.62. The Morgan fingerprint density at radius 2 is 2.12 bits per heavy atom. The fraction of sp³-hybridized carbons (Fsp3) is 0.429. The highest BCUT2D eigenvalue weighted by atomic mass is 16.5. The van der Waals surface area contributed by atoms with Gasteiger partial charge in [-0.15, -0.1) is 0 Å². The molecule has 46 valence electrons. The molecule has 0 saturated carbocycles. The van der Waals surface area contributed by atoms with Crippen LogP contribution in [0.1, 0.15) is 13.8 Å². The second kappa shape index (κ2) is 3.30. The maximum Gasteiger partial charge on any atom is 0.114 e. The van der Waals surface area contributed by atoms with Gasteiger partial charge in [0.2, 0.25) is 0 Å². The van der Waals surface area contributed by atoms with Gasteiger partial charge in [-0.2, -0.15) is 0 Å². The van der Waals surface area contributed by atoms with E-state index in [0.717, 1.165) is 11.3 Å². The summed E-state index contributed by atoms with van der Waals surface area (Å²) in [4.78, 5) is 0. The van der Waals surface area contributed by atoms with Gasteiger partial charge in [-0.25, -0.2) is 0 Å². The van der Waals surface area contributed by atoms with Gasteiger partial charge in [-0.05, 0) is 19.4 Å². The van der Waals surface area contributed by atoms with Gasteiger partial charge in [0.1, 0.15) is 5.76 Å². The Morgan fingerprint density at radius 1 is 1.62 bits per heavy atom. The van der Waals surface area contributed by atoms with E-state index in [0.29, 0.717) is 0 Å². The number of hydrogen-bond acceptors (Lipinski definition) is 1. The van der Waals surface area contributed by atoms with Crippen molar-refractivity contribution in [2.75, 3.05) is 7.11 Å². The third-order valence-corrected chi connectivity index (χ3v) is 1.12. The first kappa shape index (κ1) is 7.28. The Hall–Kier alpha value is -0.720. The van der Waals surface area contributed by atoms with Crippen LogP contribution in [-0.2, 0) is 4.74 Å². The van der Waals surface area contributed by atoms with Crippen molar-refractivity contribution in [2.24, 2.45) is 0 Å². The smallest absolute Gasteiger partial charge is 0.114 e. The van der Waals surface area contributed by atoms with Crippen molar-refractivity contribution < 1.29 is 4.74 Å². The average molecular weight is 112 g/mol. The maximum atomic E-state index is 4.84. The molecule has 0 spiro atoms. The molecule has 0 aromatic carbocycles. The number of ether oxygens (including phenoxy) is 1. The number of methoxy groups -OCH3 is 1. The average Bonchev–Trinajstić information content (AvgIpc) is 1.84. The van der Waals surface area contributed by atoms with Crippen molar-refractivity contribution >= 4 is 0 Å². The zero-order chi connectivity index (χ0) is 6.57. The first-order chi connectivity index (χ1) is 3.72. The molecule has 0 bridgehead atoms. The van der Waals surface area contributed by atoms with Crippen LogP contribution in [0.2, 0.25) is 0 Å². The molecule has 0 aromatic heterocycles. The molecular weight excluding hydrogens is 100 g/mol. The fourth-order valence-electron chi connectivity index (χ4n) is 0.322. The van der Waals surface area contributed by atoms with E-state index in [1.54, 1.807) is 7.11 Å². The zero-order valence-corrected chi connectivity index (χ0v) is 5.69. The van der Waals surface area contributed by atoms with Crippen LogP contribution >= 0.6 is 0 Å². The Kier molecular flexibility index (Phi) is 3.01. The number of rotatable bonds is 2. The molecule has 0 atom stereocenters. The Balaban J connectivity index is 3.83. The second-order valence-electron chi connectivity index (χ2n) is 1.60. The summed E-state index contributed by atoms with van der Waals surface area (Å²) in [5.74, 6) is 0.743. The molecule has 1 nitrogen and oxygen atoms in total. The van der Waals surface area contributed by atoms with Crippen molar-refractivity contribution in [3.05, 3.63) is 24.0 Å². The Bertz CT molecular complexity index is 112. The molecule has 0 rings (SSSR count). The zero-order valence-electron chi connectivity index (χ0n) is 5.69. The minimum absolute atomic E-state index is 0.743. The summed E-state index contributed by atoms with van der Waals surface area (Å²) < 4.78 is 4.84. The van der Waals surface area contributed by atoms with Gasteiger partial charge in [-0.3, -0.25) is 0 Å². The van der Waals surface area contributed by atoms with E-state index in [1.807, 2.05) is 19.9 Å². The predicted molar refractivity (Wildman–Crippen MR) is 35.6 cm³/mol. The molecule has 0 saturated heterocycles. The number of allylic oxidation sites excluding steroid dienone is 2. The van der Waals surface area contributed by atoms with Crippen LogP contribution in [0.3, 0.4) is 0 Å². The van der Waals surface area contributed by atoms with Crippen LogP contribution in [0.5, 0.6) is 0 Å². The van der Waals surface area contributed by atoms with Crippen molar-refractivity contribution in [3.63, 3.8) is 0 Å². The minimum atomic E-state index is 0.743. The van der Waals surface area contributed by atoms with E-state index in [4.69, 9.17) is 4.74 Å². The first-order valence-corrected chi connectivity index (χ1v) is 2.58. The van der Waals surface area contributed by atoms with Crippen LogP contribution in [0.15, 0.2) is 24.0 Å². The fourth-order valence-corrected chi connectivity index (χ4v) is 0.322. The van der Waals surface area contributed by atoms with Gasteiger partial charge in [0.25, 0.3) is 0 Å². The van der Waals surface area contributed by atoms with Crippen LogP contribution in [0.25, 0.3) is 0 Å². The lowest BCUT2D eigenvalue weighted by Crippen LogP contribution is -1.83. The van der Waals surface area contributed by atoms with Crippen LogP contribution in [-0.4, -0.2) is 7.11 Å². The highest BCUT2D eigenvalue weighted by Crippen LogP contribution is 2.04. The third kappa shape index (κ3) is 1.82. The van der Waals surface area contributed by atoms with Gasteiger partial charge >= 0.3 is 0 Å². The summed E-state index contributed by atoms with van der Waals surface area (Å²) in [5, 5.41) is 0. The van der Waals surface area contributed by atoms with Gasteiger partial charge < -0.3 is 4.74 Å². The van der Waals surface area contributed by atoms with E-state index >= 15 is 0 Å². The molecule has 0 aliphatic rings. The highest BCUT2D eigenvalue weighted by Gasteiger charge is 1.89. The number of hydrogen-bond donors (Lipinski definition) is 0. The van der Waals surface area contributed by atoms with Crippen molar-refractivity contribution in [1.82, 2.24) is 0 Å². The quantitative estimate of drug-likeness (QED) is 0.392. The molecule has 0 aliphatic carbocycles. The molecule has 8 heavy (non-hydrogen) atoms. The van der Waals surface area contributed by atoms with E-state index in [9.17, 15) is 0 Å². The molecular formula is C7H12O. The van der Waals surface area contributed by atoms with Gasteiger partial charge in [0.15, 0.2) is 0 Å². The Labute approximate surface area is 50.7 Å². The van der Waals surface area contributed by atoms with E-state index in [-0.39, 0.29) is 0 Å². The molecule has 0 radical (unpaired) electrons. The Morgan fingerprint density at radius 3 is 2.25 bits per heavy atom. The van der Waals surface area contributed by atoms with Crippen molar-refractivity contribution in [1.29, 1.82) is 0 Å². The lowest BCUT2D eigenvalue weighted by molar-refractivity contribution is 0.302. The van der Waals surface area contributed by atoms with E-state index in [2.05, 4.69) is 6.58 Å². The highest BCUT2D eigenvalue weighted by molar-refractivity contribution is 5.18. The monoisotopic (exact) mass is 112 g/mol. The molecule has 0 fully saturated rings. The van der Waals surface area contributed by atoms with Crippen molar-refractivity contribution in [2.45, 2.75) is 13.8 Å². The summed E-state index contributed by atoms with van der Waals surface area (Å²) in [5.41, 5.74) is 1.09. The minimum Gasteiger partial charge on any atom is -0.497 e. The topological polar surface area (TPSA) is 9.23 Å². The molecule has 0 aliphatic heterocycles. The van der Waals surface area contributed by atoms with Crippen LogP contribution in [0, 0.1) is 0 Å². The largest absolute Gasteiger partial charge is 0.497 e. The maximum absolute atomic E-state index is 4.84. The molecule has 0 unspecified atom stereocenters. The third-order valence-electron chi connectivity index (χ3n) is 1.12. The lowest BCUT2D eigenvalue weighted by Gasteiger charge is -2.00. The molecule has 0 aromatic rings. The SMILES string of the molecule is C=C(OC)C(C)=CC. The lowest BCUT2D eigenvalue weighted by atomic mass is 10.2. The van der Waals surface area contributed by atoms with Gasteiger partial charge in [0, 0.05) is 0 Å². The summed E-state index contributed by atoms with van der Waals surface area (Å²) in [6.45, 7) is 7.58. The first-order valence-electron chi connectivity index (χ1n) is 2.58. The molecule has 0 heterocycles. The molecule has 0 amide bonds. The van der Waals surface area contributed by atoms with E-state index < -0.39 is 0 Å². The standard InChI is InChI=1S/C7H12O/c1-5-6(2)7(3)8-4/h5H,3H2,1-2,4H3. The second-order valence-corrected chi connectivity index (χ2v) is 1.60. The summed E-state index contributed by atoms with van der Waals surface area (Å²) in [6, 6.07) is 0. The van der Waals surface area contributed by atoms with Gasteiger partial charge in [-0.1, -0.05) is 12.7 Å².